The third-order valence-electron chi connectivity index (χ3n) is 5.24. The molecule has 0 saturated heterocycles. The van der Waals surface area contributed by atoms with Crippen molar-refractivity contribution in [3.8, 4) is 0 Å². The van der Waals surface area contributed by atoms with Crippen LogP contribution in [0.2, 0.25) is 0 Å². The first-order chi connectivity index (χ1) is 16.5. The lowest BCUT2D eigenvalue weighted by atomic mass is 10.0. The molecule has 1 aromatic heterocycles. The maximum atomic E-state index is 12.7. The fraction of sp³-hybridized carbons (Fsp3) is 0.304. The number of hydrogen-bond acceptors (Lipinski definition) is 7. The molecule has 0 radical (unpaired) electrons. The molecule has 3 aromatic rings. The Morgan fingerprint density at radius 3 is 2.60 bits per heavy atom. The number of anilines is 1. The number of carbonyl (C=O) groups excluding carboxylic acids is 2. The Bertz CT molecular complexity index is 1260. The van der Waals surface area contributed by atoms with Crippen LogP contribution in [0.15, 0.2) is 46.0 Å². The molecule has 35 heavy (non-hydrogen) atoms. The van der Waals surface area contributed by atoms with Crippen LogP contribution >= 0.6 is 27.7 Å². The number of thioether (sulfide) groups is 1. The molecule has 0 fully saturated rings. The Kier molecular flexibility index (Phi) is 8.62. The zero-order chi connectivity index (χ0) is 25.7. The lowest BCUT2D eigenvalue weighted by molar-refractivity contribution is -0.384. The lowest BCUT2D eigenvalue weighted by Crippen LogP contribution is -2.32. The van der Waals surface area contributed by atoms with Gasteiger partial charge in [0, 0.05) is 22.2 Å². The van der Waals surface area contributed by atoms with E-state index in [2.05, 4.69) is 41.7 Å². The van der Waals surface area contributed by atoms with Crippen molar-refractivity contribution in [2.45, 2.75) is 38.9 Å². The summed E-state index contributed by atoms with van der Waals surface area (Å²) in [4.78, 5) is 40.0. The van der Waals surface area contributed by atoms with Crippen LogP contribution in [-0.4, -0.2) is 37.7 Å². The average molecular weight is 561 g/mol. The van der Waals surface area contributed by atoms with Crippen molar-refractivity contribution in [1.82, 2.24) is 20.5 Å². The third kappa shape index (κ3) is 6.89. The maximum Gasteiger partial charge on any atom is 0.270 e. The number of benzene rings is 2. The number of aromatic nitrogens is 3. The lowest BCUT2D eigenvalue weighted by Gasteiger charge is -2.19. The van der Waals surface area contributed by atoms with Gasteiger partial charge in [-0.2, -0.15) is 0 Å². The first-order valence-corrected chi connectivity index (χ1v) is 12.5. The Morgan fingerprint density at radius 2 is 1.91 bits per heavy atom. The van der Waals surface area contributed by atoms with E-state index in [-0.39, 0.29) is 28.8 Å². The van der Waals surface area contributed by atoms with Gasteiger partial charge >= 0.3 is 0 Å². The molecule has 1 heterocycles. The predicted molar refractivity (Wildman–Crippen MR) is 137 cm³/mol. The summed E-state index contributed by atoms with van der Waals surface area (Å²) in [6, 6.07) is 8.86. The number of nitrogens with one attached hydrogen (secondary N) is 3. The van der Waals surface area contributed by atoms with Gasteiger partial charge in [0.15, 0.2) is 0 Å². The summed E-state index contributed by atoms with van der Waals surface area (Å²) in [5, 5.41) is 24.1. The Balaban J connectivity index is 1.63. The molecule has 1 atom stereocenters. The van der Waals surface area contributed by atoms with Gasteiger partial charge in [-0.15, -0.1) is 5.10 Å². The van der Waals surface area contributed by atoms with Crippen LogP contribution in [0.25, 0.3) is 0 Å². The molecule has 0 unspecified atom stereocenters. The summed E-state index contributed by atoms with van der Waals surface area (Å²) in [5.41, 5.74) is 2.89. The number of halogens is 1. The Hall–Kier alpha value is -3.25. The largest absolute Gasteiger partial charge is 0.342 e. The fourth-order valence-corrected chi connectivity index (χ4v) is 4.35. The first kappa shape index (κ1) is 26.4. The van der Waals surface area contributed by atoms with Gasteiger partial charge in [-0.05, 0) is 65.0 Å². The molecule has 3 N–H and O–H groups in total. The van der Waals surface area contributed by atoms with Gasteiger partial charge in [-0.3, -0.25) is 24.8 Å². The second kappa shape index (κ2) is 11.5. The zero-order valence-corrected chi connectivity index (χ0v) is 22.0. The number of nitro groups is 1. The summed E-state index contributed by atoms with van der Waals surface area (Å²) in [6.45, 7) is 7.79. The van der Waals surface area contributed by atoms with Crippen molar-refractivity contribution in [3.63, 3.8) is 0 Å². The summed E-state index contributed by atoms with van der Waals surface area (Å²) in [6.07, 6.45) is 0. The number of amides is 2. The smallest absolute Gasteiger partial charge is 0.270 e. The first-order valence-electron chi connectivity index (χ1n) is 10.7. The van der Waals surface area contributed by atoms with Crippen LogP contribution in [0.1, 0.15) is 47.2 Å². The number of nitro benzene ring substituents is 1. The van der Waals surface area contributed by atoms with E-state index in [1.54, 1.807) is 0 Å². The number of nitrogens with zero attached hydrogens (tertiary/aromatic N) is 3. The number of rotatable bonds is 9. The number of carbonyl (C=O) groups is 2. The topological polar surface area (TPSA) is 143 Å². The molecule has 2 aromatic carbocycles. The van der Waals surface area contributed by atoms with Gasteiger partial charge in [0.2, 0.25) is 11.1 Å². The number of H-pyrrole nitrogens is 1. The van der Waals surface area contributed by atoms with Crippen molar-refractivity contribution < 1.29 is 14.5 Å². The molecule has 0 bridgehead atoms. The van der Waals surface area contributed by atoms with Crippen LogP contribution in [-0.2, 0) is 4.79 Å². The third-order valence-corrected chi connectivity index (χ3v) is 6.74. The standard InChI is InChI=1S/C23H25BrN6O4S/c1-12(2)20(26-22(32)15-6-5-7-16(10-15)30(33)34)21-27-23(29-28-21)35-11-19(31)25-18-9-14(4)13(3)8-17(18)24/h5-10,12,20H,11H2,1-4H3,(H,25,31)(H,26,32)(H,27,28,29)/t20-/m0/s1. The van der Waals surface area contributed by atoms with Gasteiger partial charge in [-0.1, -0.05) is 31.7 Å². The van der Waals surface area contributed by atoms with Gasteiger partial charge in [0.1, 0.15) is 5.82 Å². The molecule has 0 aliphatic heterocycles. The van der Waals surface area contributed by atoms with Crippen LogP contribution < -0.4 is 10.6 Å². The normalized spacial score (nSPS) is 11.8. The average Bonchev–Trinajstić information content (AvgIpc) is 3.28. The molecule has 10 nitrogen and oxygen atoms in total. The monoisotopic (exact) mass is 560 g/mol. The van der Waals surface area contributed by atoms with Crippen LogP contribution in [0.5, 0.6) is 0 Å². The number of aryl methyl sites for hydroxylation is 2. The molecule has 0 aliphatic rings. The highest BCUT2D eigenvalue weighted by Crippen LogP contribution is 2.27. The molecule has 3 rings (SSSR count). The van der Waals surface area contributed by atoms with E-state index in [9.17, 15) is 19.7 Å². The van der Waals surface area contributed by atoms with E-state index in [1.165, 1.54) is 24.3 Å². The van der Waals surface area contributed by atoms with Crippen molar-refractivity contribution in [2.24, 2.45) is 5.92 Å². The van der Waals surface area contributed by atoms with E-state index in [0.29, 0.717) is 16.7 Å². The molecule has 0 saturated carbocycles. The number of hydrogen-bond donors (Lipinski definition) is 3. The minimum absolute atomic E-state index is 0.0473. The fourth-order valence-electron chi connectivity index (χ4n) is 3.19. The molecule has 12 heteroatoms. The SMILES string of the molecule is Cc1cc(Br)c(NC(=O)CSc2n[nH]c([C@@H](NC(=O)c3cccc([N+](=O)[O-])c3)C(C)C)n2)cc1C. The van der Waals surface area contributed by atoms with Gasteiger partial charge < -0.3 is 10.6 Å². The maximum absolute atomic E-state index is 12.7. The van der Waals surface area contributed by atoms with Gasteiger partial charge in [0.25, 0.3) is 11.6 Å². The number of aromatic amines is 1. The minimum atomic E-state index is -0.550. The quantitative estimate of drug-likeness (QED) is 0.191. The highest BCUT2D eigenvalue weighted by Gasteiger charge is 2.24. The van der Waals surface area contributed by atoms with Crippen molar-refractivity contribution >= 4 is 50.9 Å². The van der Waals surface area contributed by atoms with E-state index >= 15 is 0 Å². The van der Waals surface area contributed by atoms with Crippen molar-refractivity contribution in [2.75, 3.05) is 11.1 Å². The van der Waals surface area contributed by atoms with Crippen LogP contribution in [0, 0.1) is 29.9 Å². The van der Waals surface area contributed by atoms with Gasteiger partial charge in [-0.25, -0.2) is 4.98 Å². The minimum Gasteiger partial charge on any atom is -0.342 e. The van der Waals surface area contributed by atoms with E-state index in [1.807, 2.05) is 39.8 Å². The highest BCUT2D eigenvalue weighted by atomic mass is 79.9. The highest BCUT2D eigenvalue weighted by molar-refractivity contribution is 9.10. The summed E-state index contributed by atoms with van der Waals surface area (Å²) < 4.78 is 0.804. The molecule has 184 valence electrons. The summed E-state index contributed by atoms with van der Waals surface area (Å²) in [7, 11) is 0. The number of non-ortho nitro benzene ring substituents is 1. The van der Waals surface area contributed by atoms with Crippen molar-refractivity contribution in [3.05, 3.63) is 73.5 Å². The van der Waals surface area contributed by atoms with E-state index in [0.717, 1.165) is 27.4 Å². The molecule has 0 aliphatic carbocycles. The molecule has 0 spiro atoms. The Labute approximate surface area is 215 Å². The van der Waals surface area contributed by atoms with Gasteiger partial charge in [0.05, 0.1) is 22.4 Å². The van der Waals surface area contributed by atoms with Crippen LogP contribution in [0.4, 0.5) is 11.4 Å². The second-order valence-electron chi connectivity index (χ2n) is 8.26. The predicted octanol–water partition coefficient (Wildman–Crippen LogP) is 4.95. The van der Waals surface area contributed by atoms with Crippen LogP contribution in [0.3, 0.4) is 0 Å². The van der Waals surface area contributed by atoms with Crippen molar-refractivity contribution in [1.29, 1.82) is 0 Å². The molecular formula is C23H25BrN6O4S. The summed E-state index contributed by atoms with van der Waals surface area (Å²) >= 11 is 4.63. The second-order valence-corrected chi connectivity index (χ2v) is 10.1. The summed E-state index contributed by atoms with van der Waals surface area (Å²) in [5.74, 6) is -0.184. The zero-order valence-electron chi connectivity index (χ0n) is 19.6. The van der Waals surface area contributed by atoms with E-state index < -0.39 is 16.9 Å². The Morgan fingerprint density at radius 1 is 1.20 bits per heavy atom. The molecule has 2 amide bonds. The molecular weight excluding hydrogens is 536 g/mol. The van der Waals surface area contributed by atoms with E-state index in [4.69, 9.17) is 0 Å².